The molecule has 0 saturated heterocycles. The molecule has 2 N–H and O–H groups in total. The predicted molar refractivity (Wildman–Crippen MR) is 86.6 cm³/mol. The van der Waals surface area contributed by atoms with E-state index in [-0.39, 0.29) is 11.9 Å². The minimum absolute atomic E-state index is 0.136. The molecule has 0 unspecified atom stereocenters. The zero-order chi connectivity index (χ0) is 15.0. The molecular formula is C15H15BrN4O. The van der Waals surface area contributed by atoms with Gasteiger partial charge in [-0.05, 0) is 48.0 Å². The van der Waals surface area contributed by atoms with Crippen molar-refractivity contribution in [1.82, 2.24) is 14.8 Å². The summed E-state index contributed by atoms with van der Waals surface area (Å²) in [7, 11) is 0. The molecule has 5 nitrogen and oxygen atoms in total. The van der Waals surface area contributed by atoms with Gasteiger partial charge in [-0.15, -0.1) is 0 Å². The number of hydrogen-bond donors (Lipinski definition) is 2. The maximum absolute atomic E-state index is 12.5. The molecule has 3 rings (SSSR count). The first-order valence-electron chi connectivity index (χ1n) is 6.67. The van der Waals surface area contributed by atoms with Crippen LogP contribution in [0.5, 0.6) is 0 Å². The van der Waals surface area contributed by atoms with Gasteiger partial charge in [0.1, 0.15) is 5.69 Å². The summed E-state index contributed by atoms with van der Waals surface area (Å²) in [5.74, 6) is -0.136. The van der Waals surface area contributed by atoms with Crippen molar-refractivity contribution in [3.63, 3.8) is 0 Å². The van der Waals surface area contributed by atoms with Crippen LogP contribution in [0.25, 0.3) is 10.9 Å². The topological polar surface area (TPSA) is 62.7 Å². The van der Waals surface area contributed by atoms with E-state index in [1.54, 1.807) is 6.20 Å². The molecule has 2 heterocycles. The van der Waals surface area contributed by atoms with E-state index in [4.69, 9.17) is 0 Å². The van der Waals surface area contributed by atoms with E-state index < -0.39 is 0 Å². The van der Waals surface area contributed by atoms with Gasteiger partial charge in [0.2, 0.25) is 0 Å². The lowest BCUT2D eigenvalue weighted by Gasteiger charge is -2.13. The normalized spacial score (nSPS) is 11.2. The van der Waals surface area contributed by atoms with Crippen LogP contribution in [0.3, 0.4) is 0 Å². The van der Waals surface area contributed by atoms with E-state index in [0.29, 0.717) is 5.69 Å². The Morgan fingerprint density at radius 3 is 3.00 bits per heavy atom. The molecule has 0 bridgehead atoms. The van der Waals surface area contributed by atoms with Crippen molar-refractivity contribution in [2.45, 2.75) is 19.9 Å². The van der Waals surface area contributed by atoms with Gasteiger partial charge in [0, 0.05) is 22.1 Å². The molecule has 0 aliphatic rings. The molecule has 0 aliphatic heterocycles. The SMILES string of the molecule is CC(C)n1cc(Br)cc1C(=O)Nc1cccc2[nH]ncc12. The summed E-state index contributed by atoms with van der Waals surface area (Å²) in [4.78, 5) is 12.5. The molecule has 21 heavy (non-hydrogen) atoms. The average molecular weight is 347 g/mol. The number of nitrogens with zero attached hydrogens (tertiary/aromatic N) is 2. The maximum Gasteiger partial charge on any atom is 0.272 e. The maximum atomic E-state index is 12.5. The molecule has 1 amide bonds. The quantitative estimate of drug-likeness (QED) is 0.753. The van der Waals surface area contributed by atoms with Gasteiger partial charge in [0.15, 0.2) is 0 Å². The van der Waals surface area contributed by atoms with Gasteiger partial charge in [0.25, 0.3) is 5.91 Å². The summed E-state index contributed by atoms with van der Waals surface area (Å²) in [5, 5.41) is 10.7. The van der Waals surface area contributed by atoms with E-state index in [1.165, 1.54) is 0 Å². The Bertz CT molecular complexity index is 803. The van der Waals surface area contributed by atoms with E-state index in [2.05, 4.69) is 31.4 Å². The number of H-pyrrole nitrogens is 1. The summed E-state index contributed by atoms with van der Waals surface area (Å²) < 4.78 is 2.83. The van der Waals surface area contributed by atoms with Gasteiger partial charge in [0.05, 0.1) is 17.4 Å². The van der Waals surface area contributed by atoms with Crippen LogP contribution in [0.4, 0.5) is 5.69 Å². The minimum atomic E-state index is -0.136. The smallest absolute Gasteiger partial charge is 0.272 e. The highest BCUT2D eigenvalue weighted by molar-refractivity contribution is 9.10. The number of aromatic amines is 1. The molecule has 2 aromatic heterocycles. The van der Waals surface area contributed by atoms with Crippen LogP contribution in [-0.2, 0) is 0 Å². The summed E-state index contributed by atoms with van der Waals surface area (Å²) in [5.41, 5.74) is 2.27. The number of benzene rings is 1. The number of carbonyl (C=O) groups is 1. The number of halogens is 1. The molecule has 0 radical (unpaired) electrons. The first-order valence-corrected chi connectivity index (χ1v) is 7.46. The number of fused-ring (bicyclic) bond motifs is 1. The molecule has 6 heteroatoms. The highest BCUT2D eigenvalue weighted by Crippen LogP contribution is 2.24. The van der Waals surface area contributed by atoms with E-state index in [1.807, 2.05) is 48.9 Å². The summed E-state index contributed by atoms with van der Waals surface area (Å²) in [6.45, 7) is 4.08. The molecule has 3 aromatic rings. The minimum Gasteiger partial charge on any atom is -0.340 e. The van der Waals surface area contributed by atoms with Crippen LogP contribution in [0.1, 0.15) is 30.4 Å². The standard InChI is InChI=1S/C15H15BrN4O/c1-9(2)20-8-10(16)6-14(20)15(21)18-12-4-3-5-13-11(12)7-17-19-13/h3-9H,1-2H3,(H,17,19)(H,18,21). The number of amides is 1. The lowest BCUT2D eigenvalue weighted by Crippen LogP contribution is -2.17. The van der Waals surface area contributed by atoms with Crippen LogP contribution in [-0.4, -0.2) is 20.7 Å². The number of rotatable bonds is 3. The van der Waals surface area contributed by atoms with Crippen molar-refractivity contribution >= 4 is 38.4 Å². The second-order valence-corrected chi connectivity index (χ2v) is 6.05. The van der Waals surface area contributed by atoms with Crippen LogP contribution in [0, 0.1) is 0 Å². The van der Waals surface area contributed by atoms with Gasteiger partial charge < -0.3 is 9.88 Å². The molecule has 1 aromatic carbocycles. The van der Waals surface area contributed by atoms with Crippen LogP contribution >= 0.6 is 15.9 Å². The Balaban J connectivity index is 1.95. The summed E-state index contributed by atoms with van der Waals surface area (Å²) >= 11 is 3.42. The van der Waals surface area contributed by atoms with Gasteiger partial charge in [-0.25, -0.2) is 0 Å². The molecule has 108 valence electrons. The highest BCUT2D eigenvalue weighted by Gasteiger charge is 2.16. The van der Waals surface area contributed by atoms with E-state index in [9.17, 15) is 4.79 Å². The lowest BCUT2D eigenvalue weighted by molar-refractivity contribution is 0.101. The van der Waals surface area contributed by atoms with Gasteiger partial charge in [-0.1, -0.05) is 6.07 Å². The van der Waals surface area contributed by atoms with Crippen molar-refractivity contribution in [1.29, 1.82) is 0 Å². The largest absolute Gasteiger partial charge is 0.340 e. The van der Waals surface area contributed by atoms with Gasteiger partial charge >= 0.3 is 0 Å². The predicted octanol–water partition coefficient (Wildman–Crippen LogP) is 3.96. The first kappa shape index (κ1) is 13.9. The molecule has 0 saturated carbocycles. The second-order valence-electron chi connectivity index (χ2n) is 5.14. The van der Waals surface area contributed by atoms with Crippen LogP contribution in [0.15, 0.2) is 41.1 Å². The lowest BCUT2D eigenvalue weighted by atomic mass is 10.2. The molecular weight excluding hydrogens is 332 g/mol. The Morgan fingerprint density at radius 2 is 2.24 bits per heavy atom. The number of anilines is 1. The van der Waals surface area contributed by atoms with Crippen molar-refractivity contribution in [3.8, 4) is 0 Å². The third-order valence-electron chi connectivity index (χ3n) is 3.34. The second kappa shape index (κ2) is 5.37. The highest BCUT2D eigenvalue weighted by atomic mass is 79.9. The van der Waals surface area contributed by atoms with Crippen LogP contribution < -0.4 is 5.32 Å². The zero-order valence-corrected chi connectivity index (χ0v) is 13.3. The van der Waals surface area contributed by atoms with E-state index in [0.717, 1.165) is 21.1 Å². The van der Waals surface area contributed by atoms with Crippen molar-refractivity contribution < 1.29 is 4.79 Å². The average Bonchev–Trinajstić information content (AvgIpc) is 3.05. The fourth-order valence-electron chi connectivity index (χ4n) is 2.32. The third kappa shape index (κ3) is 2.58. The van der Waals surface area contributed by atoms with E-state index >= 15 is 0 Å². The number of nitrogens with one attached hydrogen (secondary N) is 2. The molecule has 0 fully saturated rings. The fourth-order valence-corrected chi connectivity index (χ4v) is 2.76. The molecule has 0 aliphatic carbocycles. The van der Waals surface area contributed by atoms with Crippen LogP contribution in [0.2, 0.25) is 0 Å². The Labute approximate surface area is 130 Å². The number of carbonyl (C=O) groups excluding carboxylic acids is 1. The monoisotopic (exact) mass is 346 g/mol. The molecule has 0 atom stereocenters. The van der Waals surface area contributed by atoms with Crippen molar-refractivity contribution in [3.05, 3.63) is 46.8 Å². The third-order valence-corrected chi connectivity index (χ3v) is 3.77. The number of hydrogen-bond acceptors (Lipinski definition) is 2. The number of aromatic nitrogens is 3. The Hall–Kier alpha value is -2.08. The van der Waals surface area contributed by atoms with Crippen molar-refractivity contribution in [2.24, 2.45) is 0 Å². The first-order chi connectivity index (χ1) is 10.1. The van der Waals surface area contributed by atoms with Gasteiger partial charge in [-0.2, -0.15) is 5.10 Å². The Morgan fingerprint density at radius 1 is 1.43 bits per heavy atom. The summed E-state index contributed by atoms with van der Waals surface area (Å²) in [6.07, 6.45) is 3.63. The Kier molecular flexibility index (Phi) is 3.55. The van der Waals surface area contributed by atoms with Gasteiger partial charge in [-0.3, -0.25) is 9.89 Å². The van der Waals surface area contributed by atoms with Crippen molar-refractivity contribution in [2.75, 3.05) is 5.32 Å². The molecule has 0 spiro atoms. The zero-order valence-electron chi connectivity index (χ0n) is 11.7. The summed E-state index contributed by atoms with van der Waals surface area (Å²) in [6, 6.07) is 7.71. The fraction of sp³-hybridized carbons (Fsp3) is 0.200.